The number of aryl methyl sites for hydroxylation is 2. The minimum atomic E-state index is 0.166. The molecule has 2 heterocycles. The van der Waals surface area contributed by atoms with Gasteiger partial charge in [-0.25, -0.2) is 0 Å². The summed E-state index contributed by atoms with van der Waals surface area (Å²) in [6, 6.07) is 1.27. The number of likely N-dealkylation sites (N-methyl/N-ethyl adjacent to an activating group) is 1. The molecule has 0 spiro atoms. The van der Waals surface area contributed by atoms with Crippen LogP contribution in [0.3, 0.4) is 0 Å². The minimum absolute atomic E-state index is 0.166. The third-order valence-corrected chi connectivity index (χ3v) is 4.50. The lowest BCUT2D eigenvalue weighted by Gasteiger charge is -2.43. The quantitative estimate of drug-likeness (QED) is 0.902. The molecule has 0 aliphatic carbocycles. The van der Waals surface area contributed by atoms with E-state index in [1.807, 2.05) is 11.7 Å². The van der Waals surface area contributed by atoms with Gasteiger partial charge in [0.15, 0.2) is 0 Å². The molecule has 0 bridgehead atoms. The molecule has 2 N–H and O–H groups in total. The summed E-state index contributed by atoms with van der Waals surface area (Å²) in [4.78, 5) is 4.93. The average Bonchev–Trinajstić information content (AvgIpc) is 2.60. The van der Waals surface area contributed by atoms with Crippen LogP contribution in [-0.2, 0) is 13.5 Å². The number of anilines is 1. The smallest absolute Gasteiger partial charge is 0.130 e. The van der Waals surface area contributed by atoms with E-state index in [0.717, 1.165) is 25.2 Å². The van der Waals surface area contributed by atoms with Gasteiger partial charge < -0.3 is 10.6 Å². The fourth-order valence-corrected chi connectivity index (χ4v) is 3.22. The Kier molecular flexibility index (Phi) is 4.39. The largest absolute Gasteiger partial charge is 0.353 e. The van der Waals surface area contributed by atoms with Crippen LogP contribution in [0.5, 0.6) is 0 Å². The van der Waals surface area contributed by atoms with Crippen LogP contribution in [0.2, 0.25) is 0 Å². The number of hydrogen-bond acceptors (Lipinski definition) is 4. The lowest BCUT2D eigenvalue weighted by molar-refractivity contribution is 0.169. The predicted octanol–water partition coefficient (Wildman–Crippen LogP) is 1.15. The summed E-state index contributed by atoms with van der Waals surface area (Å²) in [7, 11) is 4.25. The summed E-state index contributed by atoms with van der Waals surface area (Å²) in [5.41, 5.74) is 8.44. The van der Waals surface area contributed by atoms with Crippen molar-refractivity contribution in [2.24, 2.45) is 12.8 Å². The van der Waals surface area contributed by atoms with E-state index in [9.17, 15) is 0 Å². The summed E-state index contributed by atoms with van der Waals surface area (Å²) in [5.74, 6) is 1.26. The molecule has 1 aromatic rings. The van der Waals surface area contributed by atoms with E-state index < -0.39 is 0 Å². The van der Waals surface area contributed by atoms with Crippen molar-refractivity contribution in [3.63, 3.8) is 0 Å². The van der Waals surface area contributed by atoms with Gasteiger partial charge in [-0.15, -0.1) is 0 Å². The van der Waals surface area contributed by atoms with E-state index in [1.165, 1.54) is 11.4 Å². The third kappa shape index (κ3) is 2.83. The van der Waals surface area contributed by atoms with Crippen LogP contribution in [0.1, 0.15) is 32.0 Å². The Hall–Kier alpha value is -1.07. The van der Waals surface area contributed by atoms with Gasteiger partial charge >= 0.3 is 0 Å². The molecule has 20 heavy (non-hydrogen) atoms. The summed E-state index contributed by atoms with van der Waals surface area (Å²) in [5, 5.41) is 4.61. The molecule has 5 nitrogen and oxygen atoms in total. The maximum absolute atomic E-state index is 6.01. The van der Waals surface area contributed by atoms with Crippen LogP contribution < -0.4 is 10.6 Å². The van der Waals surface area contributed by atoms with Crippen LogP contribution in [0.4, 0.5) is 5.82 Å². The van der Waals surface area contributed by atoms with E-state index >= 15 is 0 Å². The first-order chi connectivity index (χ1) is 9.31. The van der Waals surface area contributed by atoms with Gasteiger partial charge in [-0.2, -0.15) is 5.10 Å². The predicted molar refractivity (Wildman–Crippen MR) is 84.2 cm³/mol. The molecule has 0 saturated carbocycles. The number of rotatable bonds is 3. The molecular weight excluding hydrogens is 250 g/mol. The van der Waals surface area contributed by atoms with Gasteiger partial charge in [-0.3, -0.25) is 9.58 Å². The fourth-order valence-electron chi connectivity index (χ4n) is 3.22. The average molecular weight is 279 g/mol. The Morgan fingerprint density at radius 1 is 1.25 bits per heavy atom. The normalized spacial score (nSPS) is 26.1. The highest BCUT2D eigenvalue weighted by atomic mass is 15.4. The zero-order chi connectivity index (χ0) is 15.0. The number of nitrogens with two attached hydrogens (primary N) is 1. The molecule has 114 valence electrons. The summed E-state index contributed by atoms with van der Waals surface area (Å²) < 4.78 is 2.03. The maximum Gasteiger partial charge on any atom is 0.130 e. The van der Waals surface area contributed by atoms with Gasteiger partial charge in [0.25, 0.3) is 0 Å². The van der Waals surface area contributed by atoms with Crippen molar-refractivity contribution >= 4 is 5.82 Å². The first kappa shape index (κ1) is 15.3. The first-order valence-electron chi connectivity index (χ1n) is 7.56. The fraction of sp³-hybridized carbons (Fsp3) is 0.800. The molecule has 1 aromatic heterocycles. The zero-order valence-corrected chi connectivity index (χ0v) is 13.7. The van der Waals surface area contributed by atoms with Crippen molar-refractivity contribution in [1.82, 2.24) is 14.7 Å². The Balaban J connectivity index is 2.32. The highest BCUT2D eigenvalue weighted by Gasteiger charge is 2.30. The summed E-state index contributed by atoms with van der Waals surface area (Å²) >= 11 is 0. The molecule has 3 atom stereocenters. The van der Waals surface area contributed by atoms with E-state index in [0.29, 0.717) is 12.1 Å². The van der Waals surface area contributed by atoms with Crippen LogP contribution >= 0.6 is 0 Å². The number of nitrogens with zero attached hydrogens (tertiary/aromatic N) is 4. The van der Waals surface area contributed by atoms with E-state index in [-0.39, 0.29) is 6.04 Å². The van der Waals surface area contributed by atoms with Crippen molar-refractivity contribution in [3.05, 3.63) is 11.3 Å². The lowest BCUT2D eigenvalue weighted by Crippen LogP contribution is -2.55. The maximum atomic E-state index is 6.01. The Labute approximate surface area is 122 Å². The SMILES string of the molecule is Cc1nn(C)c(N2CC(C)N(C)C(C)C2)c1CC(C)N. The number of hydrogen-bond donors (Lipinski definition) is 1. The van der Waals surface area contributed by atoms with Crippen LogP contribution in [0, 0.1) is 6.92 Å². The van der Waals surface area contributed by atoms with Crippen molar-refractivity contribution in [1.29, 1.82) is 0 Å². The second kappa shape index (κ2) is 5.74. The number of piperazine rings is 1. The Morgan fingerprint density at radius 2 is 1.80 bits per heavy atom. The van der Waals surface area contributed by atoms with Gasteiger partial charge in [0, 0.05) is 43.8 Å². The number of aromatic nitrogens is 2. The Morgan fingerprint density at radius 3 is 2.30 bits per heavy atom. The molecule has 2 rings (SSSR count). The molecule has 1 fully saturated rings. The van der Waals surface area contributed by atoms with Crippen LogP contribution in [0.25, 0.3) is 0 Å². The van der Waals surface area contributed by atoms with Gasteiger partial charge in [-0.1, -0.05) is 0 Å². The zero-order valence-electron chi connectivity index (χ0n) is 13.7. The van der Waals surface area contributed by atoms with Gasteiger partial charge in [0.1, 0.15) is 5.82 Å². The summed E-state index contributed by atoms with van der Waals surface area (Å²) in [6.45, 7) is 10.8. The van der Waals surface area contributed by atoms with Gasteiger partial charge in [0.2, 0.25) is 0 Å². The van der Waals surface area contributed by atoms with E-state index in [1.54, 1.807) is 0 Å². The van der Waals surface area contributed by atoms with Crippen LogP contribution in [-0.4, -0.2) is 52.9 Å². The molecule has 1 aliphatic rings. The lowest BCUT2D eigenvalue weighted by atomic mass is 10.0. The molecule has 3 unspecified atom stereocenters. The molecular formula is C15H29N5. The molecule has 0 aromatic carbocycles. The summed E-state index contributed by atoms with van der Waals surface area (Å²) in [6.07, 6.45) is 0.893. The molecule has 5 heteroatoms. The monoisotopic (exact) mass is 279 g/mol. The Bertz CT molecular complexity index is 453. The van der Waals surface area contributed by atoms with Gasteiger partial charge in [0.05, 0.1) is 5.69 Å². The van der Waals surface area contributed by atoms with E-state index in [4.69, 9.17) is 5.73 Å². The third-order valence-electron chi connectivity index (χ3n) is 4.50. The van der Waals surface area contributed by atoms with Crippen molar-refractivity contribution in [2.45, 2.75) is 52.2 Å². The first-order valence-corrected chi connectivity index (χ1v) is 7.56. The second-order valence-corrected chi connectivity index (χ2v) is 6.46. The highest BCUT2D eigenvalue weighted by Crippen LogP contribution is 2.27. The molecule has 0 radical (unpaired) electrons. The van der Waals surface area contributed by atoms with Gasteiger partial charge in [-0.05, 0) is 41.2 Å². The van der Waals surface area contributed by atoms with Crippen molar-refractivity contribution in [3.8, 4) is 0 Å². The van der Waals surface area contributed by atoms with E-state index in [2.05, 4.69) is 49.6 Å². The van der Waals surface area contributed by atoms with Crippen molar-refractivity contribution in [2.75, 3.05) is 25.0 Å². The molecule has 1 aliphatic heterocycles. The van der Waals surface area contributed by atoms with Crippen LogP contribution in [0.15, 0.2) is 0 Å². The topological polar surface area (TPSA) is 50.3 Å². The standard InChI is InChI=1S/C15H29N5/c1-10(16)7-14-13(4)17-19(6)15(14)20-8-11(2)18(5)12(3)9-20/h10-12H,7-9,16H2,1-6H3. The highest BCUT2D eigenvalue weighted by molar-refractivity contribution is 5.51. The second-order valence-electron chi connectivity index (χ2n) is 6.46. The molecule has 1 saturated heterocycles. The minimum Gasteiger partial charge on any atom is -0.353 e. The van der Waals surface area contributed by atoms with Crippen molar-refractivity contribution < 1.29 is 0 Å². The molecule has 0 amide bonds.